The van der Waals surface area contributed by atoms with E-state index >= 15 is 0 Å². The average Bonchev–Trinajstić information content (AvgIpc) is 2.87. The third-order valence-electron chi connectivity index (χ3n) is 6.87. The molecule has 1 fully saturated rings. The first-order chi connectivity index (χ1) is 19.1. The van der Waals surface area contributed by atoms with Gasteiger partial charge in [0.05, 0.1) is 35.3 Å². The number of nitrogens with zero attached hydrogens (tertiary/aromatic N) is 3. The number of fused-ring (bicyclic) bond motifs is 1. The minimum absolute atomic E-state index is 0.0509. The van der Waals surface area contributed by atoms with E-state index in [4.69, 9.17) is 0 Å². The minimum Gasteiger partial charge on any atom is -0.350 e. The van der Waals surface area contributed by atoms with E-state index in [0.29, 0.717) is 28.8 Å². The molecule has 1 saturated heterocycles. The average molecular weight is 605 g/mol. The minimum atomic E-state index is -4.67. The van der Waals surface area contributed by atoms with Crippen LogP contribution >= 0.6 is 0 Å². The standard InChI is InChI=1S/C26H30F6N6O2S/c1-14(2)17-9-20(15-4-5-19(18(27)8-15)38-41(39,40)7-6-26(30,31)32)36-21-12-34-24(37-22(17)21)35-16-10-25(3,23(28)29)13-33-11-16/h4-5,8-9,12,14,16,23,33,38H,6-7,10-11,13H2,1-3H3,(H,34,35,37)/t16-,25-/m0/s1. The smallest absolute Gasteiger partial charge is 0.350 e. The molecule has 0 spiro atoms. The number of sulfonamides is 1. The van der Waals surface area contributed by atoms with Gasteiger partial charge in [0.25, 0.3) is 0 Å². The van der Waals surface area contributed by atoms with Crippen LogP contribution in [0.5, 0.6) is 0 Å². The zero-order chi connectivity index (χ0) is 30.2. The summed E-state index contributed by atoms with van der Waals surface area (Å²) in [5, 5.41) is 6.16. The molecular formula is C26H30F6N6O2S. The van der Waals surface area contributed by atoms with Crippen molar-refractivity contribution < 1.29 is 34.8 Å². The van der Waals surface area contributed by atoms with Gasteiger partial charge in [0, 0.05) is 30.1 Å². The van der Waals surface area contributed by atoms with E-state index in [9.17, 15) is 34.8 Å². The molecule has 1 aromatic carbocycles. The Kier molecular flexibility index (Phi) is 8.69. The van der Waals surface area contributed by atoms with Gasteiger partial charge in [-0.3, -0.25) is 4.72 Å². The Balaban J connectivity index is 1.59. The van der Waals surface area contributed by atoms with Gasteiger partial charge in [-0.05, 0) is 36.1 Å². The van der Waals surface area contributed by atoms with Crippen LogP contribution in [0.4, 0.5) is 38.0 Å². The molecule has 1 aliphatic heterocycles. The largest absolute Gasteiger partial charge is 0.390 e. The maximum Gasteiger partial charge on any atom is 0.390 e. The van der Waals surface area contributed by atoms with Crippen molar-refractivity contribution in [2.45, 2.75) is 58.2 Å². The van der Waals surface area contributed by atoms with Gasteiger partial charge >= 0.3 is 6.18 Å². The lowest BCUT2D eigenvalue weighted by molar-refractivity contribution is -0.129. The Morgan fingerprint density at radius 3 is 2.54 bits per heavy atom. The van der Waals surface area contributed by atoms with E-state index in [-0.39, 0.29) is 30.9 Å². The van der Waals surface area contributed by atoms with Crippen LogP contribution in [-0.4, -0.2) is 60.9 Å². The second-order valence-electron chi connectivity index (χ2n) is 10.8. The van der Waals surface area contributed by atoms with Gasteiger partial charge in [0.2, 0.25) is 22.4 Å². The Morgan fingerprint density at radius 1 is 1.17 bits per heavy atom. The summed E-state index contributed by atoms with van der Waals surface area (Å²) >= 11 is 0. The normalized spacial score (nSPS) is 20.1. The molecule has 1 aliphatic rings. The van der Waals surface area contributed by atoms with E-state index in [0.717, 1.165) is 17.7 Å². The van der Waals surface area contributed by atoms with Crippen molar-refractivity contribution in [1.82, 2.24) is 20.3 Å². The van der Waals surface area contributed by atoms with E-state index in [2.05, 4.69) is 25.6 Å². The van der Waals surface area contributed by atoms with Crippen LogP contribution in [-0.2, 0) is 10.0 Å². The molecule has 0 saturated carbocycles. The molecule has 3 aromatic rings. The fourth-order valence-electron chi connectivity index (χ4n) is 4.62. The van der Waals surface area contributed by atoms with Crippen LogP contribution in [0.15, 0.2) is 30.5 Å². The summed E-state index contributed by atoms with van der Waals surface area (Å²) in [4.78, 5) is 13.4. The van der Waals surface area contributed by atoms with Gasteiger partial charge in [-0.2, -0.15) is 13.2 Å². The van der Waals surface area contributed by atoms with Crippen molar-refractivity contribution in [2.24, 2.45) is 5.41 Å². The number of rotatable bonds is 9. The maximum atomic E-state index is 14.8. The lowest BCUT2D eigenvalue weighted by atomic mass is 9.81. The van der Waals surface area contributed by atoms with Crippen molar-refractivity contribution in [3.63, 3.8) is 0 Å². The van der Waals surface area contributed by atoms with Gasteiger partial charge in [-0.25, -0.2) is 36.5 Å². The number of aromatic nitrogens is 3. The highest BCUT2D eigenvalue weighted by molar-refractivity contribution is 7.92. The topological polar surface area (TPSA) is 109 Å². The molecule has 0 bridgehead atoms. The Bertz CT molecular complexity index is 1520. The fraction of sp³-hybridized carbons (Fsp3) is 0.500. The summed E-state index contributed by atoms with van der Waals surface area (Å²) in [6.45, 7) is 6.05. The maximum absolute atomic E-state index is 14.8. The molecule has 4 rings (SSSR count). The third kappa shape index (κ3) is 7.56. The molecule has 3 N–H and O–H groups in total. The molecule has 0 radical (unpaired) electrons. The van der Waals surface area contributed by atoms with Crippen LogP contribution in [0, 0.1) is 11.2 Å². The third-order valence-corrected chi connectivity index (χ3v) is 8.15. The van der Waals surface area contributed by atoms with Gasteiger partial charge in [0.1, 0.15) is 11.3 Å². The van der Waals surface area contributed by atoms with Crippen molar-refractivity contribution in [2.75, 3.05) is 28.9 Å². The number of halogens is 6. The van der Waals surface area contributed by atoms with Crippen molar-refractivity contribution in [3.05, 3.63) is 41.8 Å². The van der Waals surface area contributed by atoms with Gasteiger partial charge in [-0.15, -0.1) is 0 Å². The number of hydrogen-bond acceptors (Lipinski definition) is 7. The van der Waals surface area contributed by atoms with Crippen LogP contribution in [0.25, 0.3) is 22.3 Å². The molecule has 0 amide bonds. The summed E-state index contributed by atoms with van der Waals surface area (Å²) in [6, 6.07) is 4.94. The van der Waals surface area contributed by atoms with Gasteiger partial charge in [-0.1, -0.05) is 26.8 Å². The summed E-state index contributed by atoms with van der Waals surface area (Å²) in [5.74, 6) is -2.02. The Labute approximate surface area is 233 Å². The first-order valence-electron chi connectivity index (χ1n) is 12.9. The fourth-order valence-corrected chi connectivity index (χ4v) is 5.72. The second kappa shape index (κ2) is 11.6. The molecule has 15 heteroatoms. The van der Waals surface area contributed by atoms with Crippen LogP contribution < -0.4 is 15.4 Å². The lowest BCUT2D eigenvalue weighted by Crippen LogP contribution is -2.51. The number of alkyl halides is 5. The first kappa shape index (κ1) is 30.8. The number of pyridine rings is 1. The van der Waals surface area contributed by atoms with Gasteiger partial charge < -0.3 is 10.6 Å². The van der Waals surface area contributed by atoms with Crippen molar-refractivity contribution in [3.8, 4) is 11.3 Å². The lowest BCUT2D eigenvalue weighted by Gasteiger charge is -2.38. The molecule has 8 nitrogen and oxygen atoms in total. The summed E-state index contributed by atoms with van der Waals surface area (Å²) < 4.78 is 105. The Hall–Kier alpha value is -3.20. The summed E-state index contributed by atoms with van der Waals surface area (Å²) in [5.41, 5.74) is 0.655. The van der Waals surface area contributed by atoms with E-state index < -0.39 is 51.7 Å². The summed E-state index contributed by atoms with van der Waals surface area (Å²) in [7, 11) is -4.43. The van der Waals surface area contributed by atoms with Gasteiger partial charge in [0.15, 0.2) is 0 Å². The SMILES string of the molecule is CC(C)c1cc(-c2ccc(NS(=O)(=O)CCC(F)(F)F)c(F)c2)nc2cnc(N[C@@H]3CNC[C@@](C)(C(F)F)C3)nc12. The van der Waals surface area contributed by atoms with Crippen LogP contribution in [0.1, 0.15) is 45.1 Å². The number of benzene rings is 1. The number of nitrogens with one attached hydrogen (secondary N) is 3. The van der Waals surface area contributed by atoms with E-state index in [1.54, 1.807) is 6.07 Å². The van der Waals surface area contributed by atoms with Crippen LogP contribution in [0.3, 0.4) is 0 Å². The molecule has 3 heterocycles. The van der Waals surface area contributed by atoms with Crippen molar-refractivity contribution >= 4 is 32.7 Å². The molecule has 2 atom stereocenters. The highest BCUT2D eigenvalue weighted by Gasteiger charge is 2.40. The monoisotopic (exact) mass is 604 g/mol. The summed E-state index contributed by atoms with van der Waals surface area (Å²) in [6.07, 6.45) is -7.01. The number of hydrogen-bond donors (Lipinski definition) is 3. The molecule has 0 aliphatic carbocycles. The number of piperidine rings is 1. The van der Waals surface area contributed by atoms with Crippen LogP contribution in [0.2, 0.25) is 0 Å². The predicted molar refractivity (Wildman–Crippen MR) is 144 cm³/mol. The second-order valence-corrected chi connectivity index (χ2v) is 12.6. The number of anilines is 2. The van der Waals surface area contributed by atoms with E-state index in [1.807, 2.05) is 18.6 Å². The van der Waals surface area contributed by atoms with E-state index in [1.165, 1.54) is 19.2 Å². The zero-order valence-electron chi connectivity index (χ0n) is 22.5. The molecule has 224 valence electrons. The molecule has 41 heavy (non-hydrogen) atoms. The zero-order valence-corrected chi connectivity index (χ0v) is 23.3. The molecule has 2 aromatic heterocycles. The quantitative estimate of drug-likeness (QED) is 0.269. The van der Waals surface area contributed by atoms with Crippen molar-refractivity contribution in [1.29, 1.82) is 0 Å². The molecular weight excluding hydrogens is 574 g/mol. The highest BCUT2D eigenvalue weighted by Crippen LogP contribution is 2.34. The Morgan fingerprint density at radius 2 is 1.90 bits per heavy atom. The molecule has 0 unspecified atom stereocenters. The highest BCUT2D eigenvalue weighted by atomic mass is 32.2. The predicted octanol–water partition coefficient (Wildman–Crippen LogP) is 5.69. The first-order valence-corrected chi connectivity index (χ1v) is 14.5.